The highest BCUT2D eigenvalue weighted by Crippen LogP contribution is 2.27. The molecule has 2 N–H and O–H groups in total. The summed E-state index contributed by atoms with van der Waals surface area (Å²) >= 11 is 0. The standard InChI is InChI=1S/C30H41N3O4/c1-5-22(4)27(31)30(36)33(19-23-13-8-6-9-14-23)29(35)25-17-12-18-32(25)20-26(34)37-28(21(2)3)24-15-10-7-11-16-24/h6-11,13-16,21-22,25,27-28H,5,12,17-20,31H2,1-4H3/t22-,25-,27-,28+/m0/s1. The molecule has 2 aromatic carbocycles. The number of amides is 2. The molecule has 0 unspecified atom stereocenters. The SMILES string of the molecule is CC[C@H](C)[C@H](N)C(=O)N(Cc1ccccc1)C(=O)[C@@H]1CCCN1CC(=O)O[C@@H](c1ccccc1)C(C)C. The number of likely N-dealkylation sites (tertiary alicyclic amines) is 1. The second-order valence-electron chi connectivity index (χ2n) is 10.4. The molecule has 200 valence electrons. The summed E-state index contributed by atoms with van der Waals surface area (Å²) in [5.74, 6) is -1.01. The lowest BCUT2D eigenvalue weighted by Gasteiger charge is -2.32. The molecule has 0 aromatic heterocycles. The van der Waals surface area contributed by atoms with Gasteiger partial charge in [-0.05, 0) is 42.3 Å². The molecule has 2 amide bonds. The van der Waals surface area contributed by atoms with Crippen LogP contribution in [0.2, 0.25) is 0 Å². The smallest absolute Gasteiger partial charge is 0.320 e. The molecule has 3 rings (SSSR count). The maximum absolute atomic E-state index is 13.8. The molecule has 7 heteroatoms. The third-order valence-corrected chi connectivity index (χ3v) is 7.23. The first-order valence-corrected chi connectivity index (χ1v) is 13.4. The number of imide groups is 1. The van der Waals surface area contributed by atoms with Crippen LogP contribution in [0.4, 0.5) is 0 Å². The van der Waals surface area contributed by atoms with Crippen LogP contribution in [0, 0.1) is 11.8 Å². The van der Waals surface area contributed by atoms with Crippen LogP contribution in [-0.2, 0) is 25.7 Å². The first-order chi connectivity index (χ1) is 17.7. The van der Waals surface area contributed by atoms with Gasteiger partial charge in [0.2, 0.25) is 11.8 Å². The zero-order valence-electron chi connectivity index (χ0n) is 22.5. The number of rotatable bonds is 11. The molecule has 1 fully saturated rings. The van der Waals surface area contributed by atoms with Gasteiger partial charge in [-0.15, -0.1) is 0 Å². The predicted octanol–water partition coefficient (Wildman–Crippen LogP) is 4.32. The van der Waals surface area contributed by atoms with Crippen molar-refractivity contribution in [2.75, 3.05) is 13.1 Å². The van der Waals surface area contributed by atoms with Gasteiger partial charge in [-0.1, -0.05) is 94.8 Å². The van der Waals surface area contributed by atoms with Crippen LogP contribution in [0.1, 0.15) is 64.2 Å². The van der Waals surface area contributed by atoms with Crippen molar-refractivity contribution in [3.05, 3.63) is 71.8 Å². The van der Waals surface area contributed by atoms with Gasteiger partial charge in [-0.25, -0.2) is 0 Å². The fraction of sp³-hybridized carbons (Fsp3) is 0.500. The molecule has 0 aliphatic carbocycles. The highest BCUT2D eigenvalue weighted by Gasteiger charge is 2.39. The molecule has 0 radical (unpaired) electrons. The zero-order chi connectivity index (χ0) is 26.9. The van der Waals surface area contributed by atoms with E-state index in [2.05, 4.69) is 0 Å². The Balaban J connectivity index is 1.75. The number of benzene rings is 2. The van der Waals surface area contributed by atoms with E-state index in [0.717, 1.165) is 24.0 Å². The van der Waals surface area contributed by atoms with Crippen LogP contribution in [0.15, 0.2) is 60.7 Å². The maximum Gasteiger partial charge on any atom is 0.320 e. The summed E-state index contributed by atoms with van der Waals surface area (Å²) in [5, 5.41) is 0. The minimum Gasteiger partial charge on any atom is -0.456 e. The van der Waals surface area contributed by atoms with E-state index in [1.165, 1.54) is 4.90 Å². The lowest BCUT2D eigenvalue weighted by molar-refractivity contribution is -0.155. The van der Waals surface area contributed by atoms with Crippen LogP contribution < -0.4 is 5.73 Å². The average Bonchev–Trinajstić information content (AvgIpc) is 3.37. The van der Waals surface area contributed by atoms with E-state index in [4.69, 9.17) is 10.5 Å². The van der Waals surface area contributed by atoms with Crippen LogP contribution in [0.25, 0.3) is 0 Å². The molecule has 1 saturated heterocycles. The number of carbonyl (C=O) groups excluding carboxylic acids is 3. The van der Waals surface area contributed by atoms with Crippen LogP contribution in [0.3, 0.4) is 0 Å². The lowest BCUT2D eigenvalue weighted by atomic mass is 9.98. The van der Waals surface area contributed by atoms with Crippen molar-refractivity contribution in [3.8, 4) is 0 Å². The van der Waals surface area contributed by atoms with Gasteiger partial charge in [-0.2, -0.15) is 0 Å². The number of nitrogens with zero attached hydrogens (tertiary/aromatic N) is 2. The van der Waals surface area contributed by atoms with Gasteiger partial charge in [0.05, 0.1) is 25.2 Å². The third kappa shape index (κ3) is 7.49. The second-order valence-corrected chi connectivity index (χ2v) is 10.4. The topological polar surface area (TPSA) is 92.9 Å². The first-order valence-electron chi connectivity index (χ1n) is 13.4. The van der Waals surface area contributed by atoms with E-state index in [1.54, 1.807) is 0 Å². The molecular weight excluding hydrogens is 466 g/mol. The molecule has 37 heavy (non-hydrogen) atoms. The van der Waals surface area contributed by atoms with Crippen molar-refractivity contribution in [2.24, 2.45) is 17.6 Å². The van der Waals surface area contributed by atoms with Crippen molar-refractivity contribution < 1.29 is 19.1 Å². The van der Waals surface area contributed by atoms with Gasteiger partial charge in [0.15, 0.2) is 0 Å². The molecule has 0 spiro atoms. The Morgan fingerprint density at radius 3 is 2.24 bits per heavy atom. The third-order valence-electron chi connectivity index (χ3n) is 7.23. The van der Waals surface area contributed by atoms with Crippen molar-refractivity contribution in [2.45, 2.75) is 71.7 Å². The summed E-state index contributed by atoms with van der Waals surface area (Å²) in [4.78, 5) is 43.4. The second kappa shape index (κ2) is 13.5. The Hall–Kier alpha value is -3.03. The molecule has 4 atom stereocenters. The van der Waals surface area contributed by atoms with Gasteiger partial charge in [0.25, 0.3) is 0 Å². The molecule has 0 bridgehead atoms. The molecule has 1 heterocycles. The fourth-order valence-electron chi connectivity index (χ4n) is 4.76. The molecular formula is C30H41N3O4. The molecule has 7 nitrogen and oxygen atoms in total. The molecule has 1 aliphatic rings. The van der Waals surface area contributed by atoms with E-state index in [1.807, 2.05) is 93.3 Å². The Labute approximate surface area is 221 Å². The summed E-state index contributed by atoms with van der Waals surface area (Å²) in [6.07, 6.45) is 1.71. The minimum absolute atomic E-state index is 0.00273. The van der Waals surface area contributed by atoms with Crippen molar-refractivity contribution in [3.63, 3.8) is 0 Å². The van der Waals surface area contributed by atoms with Crippen LogP contribution >= 0.6 is 0 Å². The largest absolute Gasteiger partial charge is 0.456 e. The maximum atomic E-state index is 13.8. The normalized spacial score (nSPS) is 18.3. The zero-order valence-corrected chi connectivity index (χ0v) is 22.5. The highest BCUT2D eigenvalue weighted by molar-refractivity contribution is 6.00. The fourth-order valence-corrected chi connectivity index (χ4v) is 4.76. The van der Waals surface area contributed by atoms with Gasteiger partial charge in [0.1, 0.15) is 6.10 Å². The molecule has 1 aliphatic heterocycles. The number of carbonyl (C=O) groups is 3. The van der Waals surface area contributed by atoms with Crippen molar-refractivity contribution in [1.82, 2.24) is 9.80 Å². The van der Waals surface area contributed by atoms with Gasteiger partial charge < -0.3 is 10.5 Å². The van der Waals surface area contributed by atoms with Gasteiger partial charge >= 0.3 is 5.97 Å². The number of esters is 1. The Bertz CT molecular complexity index is 1030. The van der Waals surface area contributed by atoms with Crippen LogP contribution in [-0.4, -0.2) is 52.8 Å². The van der Waals surface area contributed by atoms with E-state index in [0.29, 0.717) is 13.0 Å². The number of hydrogen-bond acceptors (Lipinski definition) is 6. The predicted molar refractivity (Wildman–Crippen MR) is 144 cm³/mol. The van der Waals surface area contributed by atoms with Gasteiger partial charge in [0, 0.05) is 0 Å². The van der Waals surface area contributed by atoms with Crippen molar-refractivity contribution >= 4 is 17.8 Å². The Morgan fingerprint density at radius 2 is 1.65 bits per heavy atom. The number of ether oxygens (including phenoxy) is 1. The van der Waals surface area contributed by atoms with E-state index >= 15 is 0 Å². The average molecular weight is 508 g/mol. The van der Waals surface area contributed by atoms with Crippen LogP contribution in [0.5, 0.6) is 0 Å². The van der Waals surface area contributed by atoms with Gasteiger partial charge in [-0.3, -0.25) is 24.2 Å². The minimum atomic E-state index is -0.768. The Morgan fingerprint density at radius 1 is 1.03 bits per heavy atom. The summed E-state index contributed by atoms with van der Waals surface area (Å²) in [5.41, 5.74) is 8.08. The van der Waals surface area contributed by atoms with E-state index in [9.17, 15) is 14.4 Å². The summed E-state index contributed by atoms with van der Waals surface area (Å²) in [6, 6.07) is 17.8. The Kier molecular flexibility index (Phi) is 10.4. The lowest BCUT2D eigenvalue weighted by Crippen LogP contribution is -2.54. The highest BCUT2D eigenvalue weighted by atomic mass is 16.5. The van der Waals surface area contributed by atoms with E-state index in [-0.39, 0.29) is 48.8 Å². The van der Waals surface area contributed by atoms with Crippen molar-refractivity contribution in [1.29, 1.82) is 0 Å². The number of hydrogen-bond donors (Lipinski definition) is 1. The molecule has 2 aromatic rings. The monoisotopic (exact) mass is 507 g/mol. The molecule has 0 saturated carbocycles. The summed E-state index contributed by atoms with van der Waals surface area (Å²) in [7, 11) is 0. The summed E-state index contributed by atoms with van der Waals surface area (Å²) < 4.78 is 5.88. The quantitative estimate of drug-likeness (QED) is 0.456. The summed E-state index contributed by atoms with van der Waals surface area (Å²) in [6.45, 7) is 8.67. The first kappa shape index (κ1) is 28.5. The number of nitrogens with two attached hydrogens (primary N) is 1. The van der Waals surface area contributed by atoms with E-state index < -0.39 is 12.1 Å².